The molecule has 0 unspecified atom stereocenters. The Morgan fingerprint density at radius 1 is 1.34 bits per heavy atom. The third kappa shape index (κ3) is 4.67. The number of ketones is 1. The van der Waals surface area contributed by atoms with Crippen molar-refractivity contribution < 1.29 is 23.9 Å². The molecule has 3 heterocycles. The maximum absolute atomic E-state index is 13.6. The van der Waals surface area contributed by atoms with Gasteiger partial charge in [-0.3, -0.25) is 14.4 Å². The number of carboxylic acids is 1. The minimum Gasteiger partial charge on any atom is -0.480 e. The summed E-state index contributed by atoms with van der Waals surface area (Å²) in [6, 6.07) is 3.06. The van der Waals surface area contributed by atoms with Crippen LogP contribution in [0.25, 0.3) is 10.9 Å². The summed E-state index contributed by atoms with van der Waals surface area (Å²) < 4.78 is 13.6. The number of aliphatic carboxylic acids is 1. The standard InChI is InChI=1S/C21H20ClFN4O4S/c22-13-5-10(23)6-16-12(13)8-17(25-16)20(29)27-4-3-15-18(9-27)32-19(26-15)7-11(28)1-2-14(24)21(30)31/h5-6,8,14,25H,1-4,7,9,24H2,(H,30,31)/t14-/m0/s1. The highest BCUT2D eigenvalue weighted by molar-refractivity contribution is 7.11. The topological polar surface area (TPSA) is 129 Å². The number of aromatic amines is 1. The zero-order valence-corrected chi connectivity index (χ0v) is 18.4. The van der Waals surface area contributed by atoms with Gasteiger partial charge >= 0.3 is 5.97 Å². The number of aromatic nitrogens is 2. The van der Waals surface area contributed by atoms with Crippen LogP contribution in [0.3, 0.4) is 0 Å². The number of thiazole rings is 1. The Labute approximate surface area is 191 Å². The number of nitrogens with zero attached hydrogens (tertiary/aromatic N) is 2. The molecule has 0 spiro atoms. The lowest BCUT2D eigenvalue weighted by atomic mass is 10.1. The van der Waals surface area contributed by atoms with E-state index < -0.39 is 17.8 Å². The van der Waals surface area contributed by atoms with Crippen molar-refractivity contribution >= 4 is 51.5 Å². The fourth-order valence-electron chi connectivity index (χ4n) is 3.64. The quantitative estimate of drug-likeness (QED) is 0.478. The van der Waals surface area contributed by atoms with Gasteiger partial charge in [0.15, 0.2) is 0 Å². The maximum atomic E-state index is 13.6. The first-order chi connectivity index (χ1) is 15.2. The van der Waals surface area contributed by atoms with Crippen molar-refractivity contribution in [1.82, 2.24) is 14.9 Å². The van der Waals surface area contributed by atoms with Crippen LogP contribution >= 0.6 is 22.9 Å². The van der Waals surface area contributed by atoms with Crippen molar-refractivity contribution in [3.05, 3.63) is 50.3 Å². The van der Waals surface area contributed by atoms with Gasteiger partial charge in [0, 0.05) is 29.6 Å². The largest absolute Gasteiger partial charge is 0.480 e. The number of carbonyl (C=O) groups is 3. The fourth-order valence-corrected chi connectivity index (χ4v) is 5.06. The molecule has 1 aliphatic rings. The van der Waals surface area contributed by atoms with Crippen LogP contribution in [-0.4, -0.2) is 50.2 Å². The van der Waals surface area contributed by atoms with Gasteiger partial charge in [0.1, 0.15) is 28.3 Å². The number of halogens is 2. The molecule has 0 aliphatic carbocycles. The molecule has 1 amide bonds. The number of carboxylic acid groups (broad SMARTS) is 1. The number of hydrogen-bond acceptors (Lipinski definition) is 6. The van der Waals surface area contributed by atoms with Crippen LogP contribution in [0.5, 0.6) is 0 Å². The number of carbonyl (C=O) groups excluding carboxylic acids is 2. The zero-order chi connectivity index (χ0) is 23.0. The number of nitrogens with one attached hydrogen (secondary N) is 1. The first-order valence-electron chi connectivity index (χ1n) is 9.96. The average Bonchev–Trinajstić information content (AvgIpc) is 3.34. The van der Waals surface area contributed by atoms with E-state index in [4.69, 9.17) is 22.4 Å². The van der Waals surface area contributed by atoms with Crippen LogP contribution in [0.1, 0.15) is 38.9 Å². The Kier molecular flexibility index (Phi) is 6.27. The third-order valence-corrected chi connectivity index (χ3v) is 6.74. The molecule has 0 radical (unpaired) electrons. The summed E-state index contributed by atoms with van der Waals surface area (Å²) in [6.07, 6.45) is 0.834. The first kappa shape index (κ1) is 22.4. The van der Waals surface area contributed by atoms with E-state index in [1.165, 1.54) is 23.5 Å². The van der Waals surface area contributed by atoms with Crippen molar-refractivity contribution in [2.45, 2.75) is 38.3 Å². The summed E-state index contributed by atoms with van der Waals surface area (Å²) in [7, 11) is 0. The highest BCUT2D eigenvalue weighted by Gasteiger charge is 2.26. The van der Waals surface area contributed by atoms with Gasteiger partial charge in [-0.1, -0.05) is 11.6 Å². The summed E-state index contributed by atoms with van der Waals surface area (Å²) in [5.74, 6) is -1.96. The minimum absolute atomic E-state index is 0.0753. The smallest absolute Gasteiger partial charge is 0.320 e. The fraction of sp³-hybridized carbons (Fsp3) is 0.333. The van der Waals surface area contributed by atoms with Crippen LogP contribution in [0.4, 0.5) is 4.39 Å². The Bertz CT molecular complexity index is 1220. The van der Waals surface area contributed by atoms with Crippen molar-refractivity contribution in [1.29, 1.82) is 0 Å². The third-order valence-electron chi connectivity index (χ3n) is 5.35. The molecular weight excluding hydrogens is 459 g/mol. The molecule has 1 aromatic carbocycles. The number of Topliss-reactive ketones (excluding diaryl/α,β-unsaturated/α-hetero) is 1. The molecule has 0 saturated heterocycles. The van der Waals surface area contributed by atoms with Gasteiger partial charge in [-0.05, 0) is 24.6 Å². The van der Waals surface area contributed by atoms with E-state index >= 15 is 0 Å². The summed E-state index contributed by atoms with van der Waals surface area (Å²) in [4.78, 5) is 46.0. The zero-order valence-electron chi connectivity index (χ0n) is 16.9. The number of amides is 1. The minimum atomic E-state index is -1.13. The van der Waals surface area contributed by atoms with Crippen molar-refractivity contribution in [3.63, 3.8) is 0 Å². The molecule has 4 rings (SSSR count). The number of H-pyrrole nitrogens is 1. The Morgan fingerprint density at radius 2 is 2.12 bits per heavy atom. The molecule has 0 saturated carbocycles. The van der Waals surface area contributed by atoms with E-state index in [-0.39, 0.29) is 36.0 Å². The van der Waals surface area contributed by atoms with Crippen molar-refractivity contribution in [3.8, 4) is 0 Å². The predicted molar refractivity (Wildman–Crippen MR) is 117 cm³/mol. The summed E-state index contributed by atoms with van der Waals surface area (Å²) in [6.45, 7) is 0.829. The lowest BCUT2D eigenvalue weighted by Crippen LogP contribution is -2.35. The van der Waals surface area contributed by atoms with Crippen LogP contribution in [0.15, 0.2) is 18.2 Å². The number of nitrogens with two attached hydrogens (primary N) is 1. The second-order valence-corrected chi connectivity index (χ2v) is 9.26. The van der Waals surface area contributed by atoms with E-state index in [9.17, 15) is 18.8 Å². The van der Waals surface area contributed by atoms with Gasteiger partial charge in [0.05, 0.1) is 29.2 Å². The molecule has 32 heavy (non-hydrogen) atoms. The van der Waals surface area contributed by atoms with Gasteiger partial charge in [0.25, 0.3) is 5.91 Å². The SMILES string of the molecule is N[C@@H](CCC(=O)Cc1nc2c(s1)CN(C(=O)c1cc3c(Cl)cc(F)cc3[nH]1)CC2)C(=O)O. The van der Waals surface area contributed by atoms with Crippen molar-refractivity contribution in [2.75, 3.05) is 6.54 Å². The number of rotatable bonds is 7. The lowest BCUT2D eigenvalue weighted by molar-refractivity contribution is -0.138. The molecule has 0 fully saturated rings. The van der Waals surface area contributed by atoms with Gasteiger partial charge in [0.2, 0.25) is 0 Å². The molecule has 168 valence electrons. The Hall–Kier alpha value is -2.82. The Morgan fingerprint density at radius 3 is 2.88 bits per heavy atom. The van der Waals surface area contributed by atoms with Gasteiger partial charge in [-0.25, -0.2) is 9.37 Å². The first-order valence-corrected chi connectivity index (χ1v) is 11.2. The number of benzene rings is 1. The average molecular weight is 479 g/mol. The second kappa shape index (κ2) is 8.97. The molecule has 1 atom stereocenters. The van der Waals surface area contributed by atoms with Gasteiger partial charge < -0.3 is 20.7 Å². The van der Waals surface area contributed by atoms with Gasteiger partial charge in [-0.15, -0.1) is 11.3 Å². The highest BCUT2D eigenvalue weighted by atomic mass is 35.5. The summed E-state index contributed by atoms with van der Waals surface area (Å²) >= 11 is 7.45. The molecule has 8 nitrogen and oxygen atoms in total. The molecule has 0 bridgehead atoms. The summed E-state index contributed by atoms with van der Waals surface area (Å²) in [5, 5.41) is 10.3. The number of fused-ring (bicyclic) bond motifs is 2. The Balaban J connectivity index is 1.42. The lowest BCUT2D eigenvalue weighted by Gasteiger charge is -2.25. The van der Waals surface area contributed by atoms with E-state index in [2.05, 4.69) is 9.97 Å². The second-order valence-electron chi connectivity index (χ2n) is 7.68. The molecule has 3 aromatic rings. The molecular formula is C21H20ClFN4O4S. The van der Waals surface area contributed by atoms with Gasteiger partial charge in [-0.2, -0.15) is 0 Å². The molecule has 1 aliphatic heterocycles. The number of hydrogen-bond donors (Lipinski definition) is 3. The van der Waals surface area contributed by atoms with E-state index in [1.54, 1.807) is 11.0 Å². The predicted octanol–water partition coefficient (Wildman–Crippen LogP) is 2.92. The van der Waals surface area contributed by atoms with E-state index in [1.807, 2.05) is 0 Å². The normalized spacial score (nSPS) is 14.4. The van der Waals surface area contributed by atoms with Crippen molar-refractivity contribution in [2.24, 2.45) is 5.73 Å². The van der Waals surface area contributed by atoms with Crippen LogP contribution in [0.2, 0.25) is 5.02 Å². The highest BCUT2D eigenvalue weighted by Crippen LogP contribution is 2.29. The van der Waals surface area contributed by atoms with Crippen LogP contribution in [0, 0.1) is 5.82 Å². The maximum Gasteiger partial charge on any atom is 0.320 e. The molecule has 2 aromatic heterocycles. The van der Waals surface area contributed by atoms with Crippen LogP contribution in [-0.2, 0) is 29.0 Å². The summed E-state index contributed by atoms with van der Waals surface area (Å²) in [5.41, 5.74) is 7.09. The molecule has 11 heteroatoms. The van der Waals surface area contributed by atoms with Crippen LogP contribution < -0.4 is 5.73 Å². The van der Waals surface area contributed by atoms with E-state index in [0.29, 0.717) is 41.1 Å². The van der Waals surface area contributed by atoms with E-state index in [0.717, 1.165) is 10.6 Å². The molecule has 4 N–H and O–H groups in total. The monoisotopic (exact) mass is 478 g/mol.